The lowest BCUT2D eigenvalue weighted by molar-refractivity contribution is -0.149. The van der Waals surface area contributed by atoms with Crippen molar-refractivity contribution in [3.63, 3.8) is 0 Å². The molecule has 0 radical (unpaired) electrons. The molecule has 0 aliphatic rings. The Kier molecular flexibility index (Phi) is 6.98. The van der Waals surface area contributed by atoms with E-state index in [1.807, 2.05) is 6.92 Å². The number of carbonyl (C=O) groups is 2. The zero-order valence-electron chi connectivity index (χ0n) is 13.5. The number of ether oxygens (including phenoxy) is 2. The highest BCUT2D eigenvalue weighted by Gasteiger charge is 2.24. The van der Waals surface area contributed by atoms with Gasteiger partial charge in [-0.2, -0.15) is 0 Å². The van der Waals surface area contributed by atoms with E-state index in [2.05, 4.69) is 0 Å². The molecule has 22 heavy (non-hydrogen) atoms. The summed E-state index contributed by atoms with van der Waals surface area (Å²) < 4.78 is 11.6. The molecule has 1 unspecified atom stereocenters. The molecule has 0 spiro atoms. The van der Waals surface area contributed by atoms with Crippen LogP contribution in [0.3, 0.4) is 0 Å². The maximum atomic E-state index is 12.4. The van der Waals surface area contributed by atoms with Gasteiger partial charge >= 0.3 is 5.97 Å². The standard InChI is InChI=1S/C16H23NO5/c1-5-14(16(20)22-10-9-21-6-2)17-11(3)7-8-13(12(4)18)15(17)19/h7-8,14H,5-6,9-10H2,1-4H3. The Bertz CT molecular complexity index is 591. The zero-order valence-corrected chi connectivity index (χ0v) is 13.5. The summed E-state index contributed by atoms with van der Waals surface area (Å²) in [6.45, 7) is 7.71. The molecule has 1 atom stereocenters. The Balaban J connectivity index is 3.04. The number of aryl methyl sites for hydroxylation is 1. The summed E-state index contributed by atoms with van der Waals surface area (Å²) in [7, 11) is 0. The molecule has 0 aliphatic carbocycles. The van der Waals surface area contributed by atoms with E-state index >= 15 is 0 Å². The van der Waals surface area contributed by atoms with Crippen LogP contribution in [0.1, 0.15) is 49.3 Å². The molecule has 0 saturated carbocycles. The van der Waals surface area contributed by atoms with Crippen molar-refractivity contribution >= 4 is 11.8 Å². The molecule has 122 valence electrons. The van der Waals surface area contributed by atoms with Gasteiger partial charge in [0, 0.05) is 12.3 Å². The first-order chi connectivity index (χ1) is 10.4. The summed E-state index contributed by atoms with van der Waals surface area (Å²) >= 11 is 0. The van der Waals surface area contributed by atoms with Crippen LogP contribution in [0.5, 0.6) is 0 Å². The molecule has 0 bridgehead atoms. The van der Waals surface area contributed by atoms with Gasteiger partial charge in [0.25, 0.3) is 5.56 Å². The van der Waals surface area contributed by atoms with Gasteiger partial charge in [0.15, 0.2) is 5.78 Å². The number of carbonyl (C=O) groups excluding carboxylic acids is 2. The number of ketones is 1. The number of rotatable bonds is 8. The van der Waals surface area contributed by atoms with Gasteiger partial charge in [0.2, 0.25) is 0 Å². The van der Waals surface area contributed by atoms with Gasteiger partial charge in [-0.1, -0.05) is 6.92 Å². The minimum atomic E-state index is -0.742. The summed E-state index contributed by atoms with van der Waals surface area (Å²) in [5.41, 5.74) is 0.232. The Hall–Kier alpha value is -1.95. The summed E-state index contributed by atoms with van der Waals surface area (Å²) in [6.07, 6.45) is 0.398. The fourth-order valence-electron chi connectivity index (χ4n) is 2.20. The van der Waals surface area contributed by atoms with Crippen molar-refractivity contribution in [3.05, 3.63) is 33.7 Å². The summed E-state index contributed by atoms with van der Waals surface area (Å²) in [4.78, 5) is 36.1. The topological polar surface area (TPSA) is 74.6 Å². The highest BCUT2D eigenvalue weighted by molar-refractivity contribution is 5.93. The molecule has 0 aliphatic heterocycles. The molecular formula is C16H23NO5. The van der Waals surface area contributed by atoms with Gasteiger partial charge in [0.1, 0.15) is 12.6 Å². The molecule has 0 amide bonds. The normalized spacial score (nSPS) is 12.0. The number of hydrogen-bond acceptors (Lipinski definition) is 5. The Morgan fingerprint density at radius 3 is 2.45 bits per heavy atom. The van der Waals surface area contributed by atoms with E-state index < -0.39 is 17.6 Å². The maximum Gasteiger partial charge on any atom is 0.329 e. The predicted molar refractivity (Wildman–Crippen MR) is 82.2 cm³/mol. The molecule has 1 aromatic rings. The lowest BCUT2D eigenvalue weighted by Crippen LogP contribution is -2.35. The van der Waals surface area contributed by atoms with Crippen molar-refractivity contribution in [1.82, 2.24) is 4.57 Å². The van der Waals surface area contributed by atoms with Crippen molar-refractivity contribution in [2.75, 3.05) is 19.8 Å². The van der Waals surface area contributed by atoms with Gasteiger partial charge in [-0.25, -0.2) is 4.79 Å². The molecule has 0 fully saturated rings. The van der Waals surface area contributed by atoms with Crippen molar-refractivity contribution in [2.24, 2.45) is 0 Å². The van der Waals surface area contributed by atoms with Gasteiger partial charge in [-0.3, -0.25) is 14.2 Å². The van der Waals surface area contributed by atoms with Crippen LogP contribution in [0.2, 0.25) is 0 Å². The second-order valence-electron chi connectivity index (χ2n) is 4.91. The van der Waals surface area contributed by atoms with Crippen molar-refractivity contribution in [1.29, 1.82) is 0 Å². The number of Topliss-reactive ketones (excluding diaryl/α,β-unsaturated/α-hetero) is 1. The monoisotopic (exact) mass is 309 g/mol. The highest BCUT2D eigenvalue weighted by Crippen LogP contribution is 2.14. The summed E-state index contributed by atoms with van der Waals surface area (Å²) in [5, 5.41) is 0. The third kappa shape index (κ3) is 4.27. The number of esters is 1. The average molecular weight is 309 g/mol. The predicted octanol–water partition coefficient (Wildman–Crippen LogP) is 1.89. The minimum Gasteiger partial charge on any atom is -0.462 e. The van der Waals surface area contributed by atoms with Gasteiger partial charge in [-0.05, 0) is 39.3 Å². The molecule has 1 aromatic heterocycles. The van der Waals surface area contributed by atoms with Crippen LogP contribution in [-0.4, -0.2) is 36.1 Å². The fourth-order valence-corrected chi connectivity index (χ4v) is 2.20. The third-order valence-electron chi connectivity index (χ3n) is 3.35. The van der Waals surface area contributed by atoms with E-state index in [1.54, 1.807) is 19.9 Å². The average Bonchev–Trinajstić information content (AvgIpc) is 2.47. The largest absolute Gasteiger partial charge is 0.462 e. The highest BCUT2D eigenvalue weighted by atomic mass is 16.6. The molecule has 1 rings (SSSR count). The minimum absolute atomic E-state index is 0.0752. The lowest BCUT2D eigenvalue weighted by Gasteiger charge is -2.20. The van der Waals surface area contributed by atoms with Gasteiger partial charge in [0.05, 0.1) is 12.2 Å². The molecule has 0 saturated heterocycles. The summed E-state index contributed by atoms with van der Waals surface area (Å²) in [6, 6.07) is 2.41. The molecular weight excluding hydrogens is 286 g/mol. The second kappa shape index (κ2) is 8.48. The van der Waals surface area contributed by atoms with E-state index in [0.717, 1.165) is 0 Å². The van der Waals surface area contributed by atoms with Crippen LogP contribution >= 0.6 is 0 Å². The van der Waals surface area contributed by atoms with Crippen LogP contribution in [-0.2, 0) is 14.3 Å². The first-order valence-corrected chi connectivity index (χ1v) is 7.41. The number of nitrogens with zero attached hydrogens (tertiary/aromatic N) is 1. The molecule has 0 aromatic carbocycles. The Labute approximate surface area is 130 Å². The second-order valence-corrected chi connectivity index (χ2v) is 4.91. The molecule has 6 heteroatoms. The SMILES string of the molecule is CCOCCOC(=O)C(CC)n1c(C)ccc(C(C)=O)c1=O. The van der Waals surface area contributed by atoms with Crippen LogP contribution in [0.15, 0.2) is 16.9 Å². The number of hydrogen-bond donors (Lipinski definition) is 0. The maximum absolute atomic E-state index is 12.4. The molecule has 1 heterocycles. The quantitative estimate of drug-likeness (QED) is 0.416. The number of aromatic nitrogens is 1. The summed E-state index contributed by atoms with van der Waals surface area (Å²) in [5.74, 6) is -0.813. The smallest absolute Gasteiger partial charge is 0.329 e. The zero-order chi connectivity index (χ0) is 16.7. The fraction of sp³-hybridized carbons (Fsp3) is 0.562. The van der Waals surface area contributed by atoms with Crippen LogP contribution in [0, 0.1) is 6.92 Å². The Morgan fingerprint density at radius 1 is 1.23 bits per heavy atom. The van der Waals surface area contributed by atoms with Crippen LogP contribution in [0.4, 0.5) is 0 Å². The van der Waals surface area contributed by atoms with E-state index in [4.69, 9.17) is 9.47 Å². The number of pyridine rings is 1. The van der Waals surface area contributed by atoms with E-state index in [9.17, 15) is 14.4 Å². The first kappa shape index (κ1) is 18.1. The van der Waals surface area contributed by atoms with Crippen LogP contribution < -0.4 is 5.56 Å². The Morgan fingerprint density at radius 2 is 1.91 bits per heavy atom. The van der Waals surface area contributed by atoms with Crippen molar-refractivity contribution in [2.45, 2.75) is 40.2 Å². The van der Waals surface area contributed by atoms with Gasteiger partial charge in [-0.15, -0.1) is 0 Å². The first-order valence-electron chi connectivity index (χ1n) is 7.41. The van der Waals surface area contributed by atoms with E-state index in [-0.39, 0.29) is 18.0 Å². The third-order valence-corrected chi connectivity index (χ3v) is 3.35. The van der Waals surface area contributed by atoms with E-state index in [1.165, 1.54) is 17.6 Å². The van der Waals surface area contributed by atoms with Crippen LogP contribution in [0.25, 0.3) is 0 Å². The van der Waals surface area contributed by atoms with Gasteiger partial charge < -0.3 is 9.47 Å². The molecule has 6 nitrogen and oxygen atoms in total. The van der Waals surface area contributed by atoms with Crippen molar-refractivity contribution < 1.29 is 19.1 Å². The van der Waals surface area contributed by atoms with E-state index in [0.29, 0.717) is 25.3 Å². The molecule has 0 N–H and O–H groups in total. The van der Waals surface area contributed by atoms with Crippen molar-refractivity contribution in [3.8, 4) is 0 Å². The lowest BCUT2D eigenvalue weighted by atomic mass is 10.1.